The van der Waals surface area contributed by atoms with Gasteiger partial charge in [0.05, 0.1) is 37.7 Å². The van der Waals surface area contributed by atoms with E-state index in [1.54, 1.807) is 61.1 Å². The number of aromatic nitrogens is 15. The smallest absolute Gasteiger partial charge is 0.223 e. The summed E-state index contributed by atoms with van der Waals surface area (Å²) in [6, 6.07) is 34.5. The first kappa shape index (κ1) is 39.4. The first-order chi connectivity index (χ1) is 28.2. The normalized spacial score (nSPS) is 10.5. The van der Waals surface area contributed by atoms with E-state index in [1.165, 1.54) is 14.4 Å². The van der Waals surface area contributed by atoms with Crippen molar-refractivity contribution in [2.45, 2.75) is 6.92 Å². The third-order valence-electron chi connectivity index (χ3n) is 7.73. The Morgan fingerprint density at radius 3 is 1.34 bits per heavy atom. The lowest BCUT2D eigenvalue weighted by Crippen LogP contribution is -1.99. The van der Waals surface area contributed by atoms with Crippen LogP contribution in [0.1, 0.15) is 11.1 Å². The number of hydrogen-bond acceptors (Lipinski definition) is 13. The molecule has 3 aromatic carbocycles. The van der Waals surface area contributed by atoms with Crippen molar-refractivity contribution in [2.75, 3.05) is 0 Å². The van der Waals surface area contributed by atoms with Crippen LogP contribution in [0.5, 0.6) is 0 Å². The lowest BCUT2D eigenvalue weighted by atomic mass is 10.2. The van der Waals surface area contributed by atoms with Crippen LogP contribution in [0, 0.1) is 18.3 Å². The van der Waals surface area contributed by atoms with E-state index in [0.29, 0.717) is 66.6 Å². The predicted molar refractivity (Wildman–Crippen MR) is 219 cm³/mol. The predicted octanol–water partition coefficient (Wildman–Crippen LogP) is 8.08. The van der Waals surface area contributed by atoms with Crippen molar-refractivity contribution in [1.29, 1.82) is 5.26 Å². The molecule has 0 aliphatic rings. The molecule has 0 fully saturated rings. The molecule has 0 aliphatic carbocycles. The fraction of sp³-hybridized carbons (Fsp3) is 0.0263. The van der Waals surface area contributed by atoms with Gasteiger partial charge in [-0.3, -0.25) is 15.0 Å². The van der Waals surface area contributed by atoms with Gasteiger partial charge >= 0.3 is 0 Å². The van der Waals surface area contributed by atoms with Gasteiger partial charge < -0.3 is 0 Å². The van der Waals surface area contributed by atoms with Crippen LogP contribution in [-0.4, -0.2) is 75.6 Å². The monoisotopic (exact) mass is 888 g/mol. The Balaban J connectivity index is 0.000000132. The minimum Gasteiger partial charge on any atom is -0.253 e. The second kappa shape index (κ2) is 18.4. The summed E-state index contributed by atoms with van der Waals surface area (Å²) in [5.74, 6) is 1.39. The van der Waals surface area contributed by atoms with Crippen LogP contribution in [0.15, 0.2) is 132 Å². The fourth-order valence-corrected chi connectivity index (χ4v) is 5.60. The second-order valence-corrected chi connectivity index (χ2v) is 13.7. The lowest BCUT2D eigenvalue weighted by molar-refractivity contribution is 0.719. The maximum Gasteiger partial charge on any atom is 0.223 e. The number of aryl methyl sites for hydroxylation is 1. The average molecular weight is 891 g/mol. The molecule has 16 nitrogen and oxygen atoms in total. The van der Waals surface area contributed by atoms with Crippen molar-refractivity contribution in [1.82, 2.24) is 75.6 Å². The molecule has 6 aromatic heterocycles. The minimum atomic E-state index is 0.349. The highest BCUT2D eigenvalue weighted by Crippen LogP contribution is 2.24. The van der Waals surface area contributed by atoms with Crippen molar-refractivity contribution in [3.8, 4) is 57.7 Å². The summed E-state index contributed by atoms with van der Waals surface area (Å²) in [7, 11) is 0. The third kappa shape index (κ3) is 9.57. The molecule has 0 saturated heterocycles. The first-order valence-electron chi connectivity index (χ1n) is 16.8. The van der Waals surface area contributed by atoms with Crippen LogP contribution >= 0.6 is 50.7 Å². The van der Waals surface area contributed by atoms with Crippen LogP contribution in [-0.2, 0) is 0 Å². The molecule has 0 saturated carbocycles. The fourth-order valence-electron chi connectivity index (χ4n) is 4.85. The standard InChI is InChI=1S/C13H10BrN5.C13H7ClN6.C12H7Cl2N5/c1-9-8-10(5-6-11(9)14)19-17-13(16-18-19)12-4-2-3-7-15-12;14-11-7-10(5-4-9(11)8-15)20-18-13(17-19-20)12-3-1-2-6-16-12;13-9-5-4-8(7-10(9)14)19-17-12(16-18-19)11-3-1-2-6-15-11/h2-8H,1H3;1-7H;1-7H. The van der Waals surface area contributed by atoms with Crippen molar-refractivity contribution >= 4 is 50.7 Å². The Hall–Kier alpha value is -6.84. The number of rotatable bonds is 6. The van der Waals surface area contributed by atoms with Crippen LogP contribution < -0.4 is 0 Å². The first-order valence-corrected chi connectivity index (χ1v) is 18.7. The zero-order chi connectivity index (χ0) is 40.4. The van der Waals surface area contributed by atoms with E-state index in [1.807, 2.05) is 79.7 Å². The van der Waals surface area contributed by atoms with Gasteiger partial charge in [-0.2, -0.15) is 5.26 Å². The van der Waals surface area contributed by atoms with Gasteiger partial charge in [-0.25, -0.2) is 0 Å². The molecule has 6 heterocycles. The van der Waals surface area contributed by atoms with Crippen LogP contribution in [0.4, 0.5) is 0 Å². The molecule has 0 spiro atoms. The van der Waals surface area contributed by atoms with E-state index < -0.39 is 0 Å². The van der Waals surface area contributed by atoms with E-state index in [2.05, 4.69) is 77.1 Å². The highest BCUT2D eigenvalue weighted by Gasteiger charge is 2.12. The van der Waals surface area contributed by atoms with Crippen molar-refractivity contribution in [2.24, 2.45) is 0 Å². The van der Waals surface area contributed by atoms with Gasteiger partial charge in [0.2, 0.25) is 17.5 Å². The molecule has 0 N–H and O–H groups in total. The van der Waals surface area contributed by atoms with Crippen LogP contribution in [0.25, 0.3) is 51.6 Å². The average Bonchev–Trinajstić information content (AvgIpc) is 4.07. The number of nitrogens with zero attached hydrogens (tertiary/aromatic N) is 16. The molecule has 0 radical (unpaired) electrons. The quantitative estimate of drug-likeness (QED) is 0.156. The number of benzene rings is 3. The Morgan fingerprint density at radius 2 is 0.948 bits per heavy atom. The Kier molecular flexibility index (Phi) is 12.5. The van der Waals surface area contributed by atoms with Gasteiger partial charge in [0.1, 0.15) is 23.2 Å². The van der Waals surface area contributed by atoms with E-state index in [9.17, 15) is 0 Å². The molecule has 9 rings (SSSR count). The molecule has 0 aliphatic heterocycles. The topological polar surface area (TPSA) is 193 Å². The molecule has 58 heavy (non-hydrogen) atoms. The molecule has 0 bridgehead atoms. The molecule has 284 valence electrons. The SMILES string of the molecule is Cc1cc(-n2nnc(-c3ccccn3)n2)ccc1Br.Clc1ccc(-n2nnc(-c3ccccn3)n2)cc1Cl.N#Cc1ccc(-n2nnc(-c3ccccn3)n2)cc1Cl. The summed E-state index contributed by atoms with van der Waals surface area (Å²) in [5.41, 5.74) is 5.72. The highest BCUT2D eigenvalue weighted by atomic mass is 79.9. The van der Waals surface area contributed by atoms with Gasteiger partial charge in [-0.1, -0.05) is 68.9 Å². The molecular formula is C38H24BrCl3N16. The molecule has 0 unspecified atom stereocenters. The summed E-state index contributed by atoms with van der Waals surface area (Å²) in [5, 5.41) is 46.8. The van der Waals surface area contributed by atoms with Gasteiger partial charge in [0.15, 0.2) is 0 Å². The molecule has 0 amide bonds. The van der Waals surface area contributed by atoms with Gasteiger partial charge in [0.25, 0.3) is 0 Å². The van der Waals surface area contributed by atoms with Gasteiger partial charge in [-0.05, 0) is 119 Å². The summed E-state index contributed by atoms with van der Waals surface area (Å²) >= 11 is 21.3. The largest absolute Gasteiger partial charge is 0.253 e. The number of tetrazole rings is 3. The molecular weight excluding hydrogens is 867 g/mol. The summed E-state index contributed by atoms with van der Waals surface area (Å²) in [4.78, 5) is 16.7. The lowest BCUT2D eigenvalue weighted by Gasteiger charge is -2.01. The van der Waals surface area contributed by atoms with Crippen molar-refractivity contribution in [3.63, 3.8) is 0 Å². The maximum absolute atomic E-state index is 8.84. The van der Waals surface area contributed by atoms with E-state index in [-0.39, 0.29) is 0 Å². The van der Waals surface area contributed by atoms with E-state index >= 15 is 0 Å². The maximum atomic E-state index is 8.84. The molecule has 0 atom stereocenters. The van der Waals surface area contributed by atoms with Crippen LogP contribution in [0.3, 0.4) is 0 Å². The third-order valence-corrected chi connectivity index (χ3v) is 9.67. The Bertz CT molecular complexity index is 2700. The summed E-state index contributed by atoms with van der Waals surface area (Å²) in [6.07, 6.45) is 5.05. The number of hydrogen-bond donors (Lipinski definition) is 0. The minimum absolute atomic E-state index is 0.349. The van der Waals surface area contributed by atoms with Gasteiger partial charge in [0, 0.05) is 23.1 Å². The Morgan fingerprint density at radius 1 is 0.517 bits per heavy atom. The van der Waals surface area contributed by atoms with Crippen molar-refractivity contribution < 1.29 is 0 Å². The van der Waals surface area contributed by atoms with Crippen molar-refractivity contribution in [3.05, 3.63) is 158 Å². The highest BCUT2D eigenvalue weighted by molar-refractivity contribution is 9.10. The van der Waals surface area contributed by atoms with Crippen LogP contribution in [0.2, 0.25) is 15.1 Å². The zero-order valence-corrected chi connectivity index (χ0v) is 33.6. The Labute approximate surface area is 352 Å². The van der Waals surface area contributed by atoms with Gasteiger partial charge in [-0.15, -0.1) is 45.0 Å². The second-order valence-electron chi connectivity index (χ2n) is 11.7. The molecule has 9 aromatic rings. The van der Waals surface area contributed by atoms with E-state index in [0.717, 1.165) is 15.7 Å². The van der Waals surface area contributed by atoms with E-state index in [4.69, 9.17) is 40.1 Å². The summed E-state index contributed by atoms with van der Waals surface area (Å²) in [6.45, 7) is 2.02. The number of pyridine rings is 3. The molecule has 20 heteroatoms. The number of halogens is 4. The summed E-state index contributed by atoms with van der Waals surface area (Å²) < 4.78 is 1.06. The zero-order valence-electron chi connectivity index (χ0n) is 29.8. The number of nitriles is 1.